The molecule has 2 atom stereocenters. The molecule has 10 nitrogen and oxygen atoms in total. The standard InChI is InChI=1S/C33H30N6O4/c1-38-29-18-23(8-5-6-17-42-26-14-13-25-11-7-16-34-27(25)19-26)12-15-30(29)43-21-28(33(38)41)36-32(40)31-35-22-39(37-31)20-24-9-3-2-4-10-24/h2-4,7,9-16,18-19,22,28,32,36,40H,6,17,20-21H2,1H3. The molecule has 1 aliphatic rings. The van der Waals surface area contributed by atoms with E-state index in [-0.39, 0.29) is 18.3 Å². The number of hydrogen-bond acceptors (Lipinski definition) is 8. The lowest BCUT2D eigenvalue weighted by atomic mass is 10.1. The topological polar surface area (TPSA) is 115 Å². The summed E-state index contributed by atoms with van der Waals surface area (Å²) in [5.74, 6) is 7.49. The molecule has 6 rings (SSSR count). The zero-order valence-corrected chi connectivity index (χ0v) is 23.6. The van der Waals surface area contributed by atoms with Crippen molar-refractivity contribution in [2.24, 2.45) is 0 Å². The fraction of sp³-hybridized carbons (Fsp3) is 0.212. The van der Waals surface area contributed by atoms with Crippen molar-refractivity contribution in [3.63, 3.8) is 0 Å². The van der Waals surface area contributed by atoms with Crippen LogP contribution in [0.25, 0.3) is 10.9 Å². The van der Waals surface area contributed by atoms with E-state index in [1.54, 1.807) is 30.3 Å². The van der Waals surface area contributed by atoms with E-state index in [9.17, 15) is 9.90 Å². The summed E-state index contributed by atoms with van der Waals surface area (Å²) in [7, 11) is 1.67. The number of pyridine rings is 1. The lowest BCUT2D eigenvalue weighted by molar-refractivity contribution is -0.121. The van der Waals surface area contributed by atoms with E-state index in [0.29, 0.717) is 31.0 Å². The first kappa shape index (κ1) is 27.9. The maximum atomic E-state index is 13.3. The highest BCUT2D eigenvalue weighted by atomic mass is 16.5. The van der Waals surface area contributed by atoms with Gasteiger partial charge in [0.2, 0.25) is 5.91 Å². The van der Waals surface area contributed by atoms with Crippen molar-refractivity contribution >= 4 is 22.5 Å². The van der Waals surface area contributed by atoms with Crippen LogP contribution in [-0.4, -0.2) is 57.1 Å². The molecule has 0 bridgehead atoms. The molecular weight excluding hydrogens is 544 g/mol. The summed E-state index contributed by atoms with van der Waals surface area (Å²) in [5.41, 5.74) is 3.29. The Kier molecular flexibility index (Phi) is 8.26. The van der Waals surface area contributed by atoms with Gasteiger partial charge in [-0.2, -0.15) is 5.10 Å². The molecule has 0 saturated carbocycles. The number of nitrogens with zero attached hydrogens (tertiary/aromatic N) is 5. The van der Waals surface area contributed by atoms with Crippen LogP contribution >= 0.6 is 0 Å². The predicted molar refractivity (Wildman–Crippen MR) is 162 cm³/mol. The molecule has 0 aliphatic carbocycles. The fourth-order valence-corrected chi connectivity index (χ4v) is 4.76. The fourth-order valence-electron chi connectivity index (χ4n) is 4.76. The summed E-state index contributed by atoms with van der Waals surface area (Å²) < 4.78 is 13.4. The quantitative estimate of drug-likeness (QED) is 0.164. The second-order valence-corrected chi connectivity index (χ2v) is 10.1. The second-order valence-electron chi connectivity index (χ2n) is 10.1. The van der Waals surface area contributed by atoms with Gasteiger partial charge in [-0.15, -0.1) is 0 Å². The third-order valence-electron chi connectivity index (χ3n) is 7.01. The largest absolute Gasteiger partial charge is 0.493 e. The molecule has 0 spiro atoms. The number of nitrogens with one attached hydrogen (secondary N) is 1. The summed E-state index contributed by atoms with van der Waals surface area (Å²) in [6, 6.07) is 24.2. The highest BCUT2D eigenvalue weighted by molar-refractivity contribution is 5.99. The van der Waals surface area contributed by atoms with Crippen molar-refractivity contribution in [1.82, 2.24) is 25.1 Å². The van der Waals surface area contributed by atoms with Crippen molar-refractivity contribution in [3.8, 4) is 23.3 Å². The van der Waals surface area contributed by atoms with Crippen LogP contribution in [0.4, 0.5) is 5.69 Å². The van der Waals surface area contributed by atoms with Gasteiger partial charge in [0, 0.05) is 36.7 Å². The maximum absolute atomic E-state index is 13.3. The number of rotatable bonds is 8. The molecule has 3 aromatic carbocycles. The Bertz CT molecular complexity index is 1800. The zero-order valence-electron chi connectivity index (χ0n) is 23.6. The van der Waals surface area contributed by atoms with Gasteiger partial charge in [0.05, 0.1) is 24.4 Å². The molecule has 5 aromatic rings. The number of aliphatic hydroxyl groups excluding tert-OH is 1. The Balaban J connectivity index is 1.05. The van der Waals surface area contributed by atoms with Gasteiger partial charge in [0.25, 0.3) is 0 Å². The Morgan fingerprint density at radius 1 is 1.09 bits per heavy atom. The Labute approximate surface area is 248 Å². The smallest absolute Gasteiger partial charge is 0.247 e. The summed E-state index contributed by atoms with van der Waals surface area (Å²) in [4.78, 5) is 23.4. The lowest BCUT2D eigenvalue weighted by Crippen LogP contribution is -2.48. The molecule has 0 fully saturated rings. The van der Waals surface area contributed by atoms with Crippen LogP contribution in [0.1, 0.15) is 29.6 Å². The van der Waals surface area contributed by atoms with Crippen molar-refractivity contribution in [2.75, 3.05) is 25.2 Å². The van der Waals surface area contributed by atoms with Gasteiger partial charge in [-0.3, -0.25) is 15.1 Å². The summed E-state index contributed by atoms with van der Waals surface area (Å²) in [5, 5.41) is 19.1. The summed E-state index contributed by atoms with van der Waals surface area (Å²) >= 11 is 0. The Morgan fingerprint density at radius 3 is 2.86 bits per heavy atom. The minimum atomic E-state index is -1.25. The van der Waals surface area contributed by atoms with E-state index < -0.39 is 12.3 Å². The lowest BCUT2D eigenvalue weighted by Gasteiger charge is -2.22. The average molecular weight is 575 g/mol. The third kappa shape index (κ3) is 6.64. The monoisotopic (exact) mass is 574 g/mol. The number of ether oxygens (including phenoxy) is 2. The molecule has 2 unspecified atom stereocenters. The van der Waals surface area contributed by atoms with Crippen LogP contribution in [-0.2, 0) is 11.3 Å². The van der Waals surface area contributed by atoms with Crippen LogP contribution in [0.5, 0.6) is 11.5 Å². The van der Waals surface area contributed by atoms with Crippen LogP contribution < -0.4 is 19.7 Å². The molecule has 3 heterocycles. The molecule has 1 aliphatic heterocycles. The third-order valence-corrected chi connectivity index (χ3v) is 7.01. The van der Waals surface area contributed by atoms with Gasteiger partial charge < -0.3 is 19.5 Å². The number of anilines is 1. The first-order chi connectivity index (χ1) is 21.0. The number of fused-ring (bicyclic) bond motifs is 2. The van der Waals surface area contributed by atoms with E-state index in [1.807, 2.05) is 72.8 Å². The summed E-state index contributed by atoms with van der Waals surface area (Å²) in [6.45, 7) is 0.988. The van der Waals surface area contributed by atoms with Crippen molar-refractivity contribution in [2.45, 2.75) is 25.2 Å². The van der Waals surface area contributed by atoms with Crippen LogP contribution in [0.15, 0.2) is 91.4 Å². The van der Waals surface area contributed by atoms with E-state index in [1.165, 1.54) is 4.90 Å². The van der Waals surface area contributed by atoms with Crippen LogP contribution in [0, 0.1) is 11.8 Å². The maximum Gasteiger partial charge on any atom is 0.247 e. The van der Waals surface area contributed by atoms with Gasteiger partial charge in [0.15, 0.2) is 12.1 Å². The normalized spacial score (nSPS) is 15.2. The first-order valence-electron chi connectivity index (χ1n) is 13.9. The van der Waals surface area contributed by atoms with Gasteiger partial charge >= 0.3 is 0 Å². The highest BCUT2D eigenvalue weighted by Gasteiger charge is 2.31. The molecule has 43 heavy (non-hydrogen) atoms. The molecule has 2 N–H and O–H groups in total. The predicted octanol–water partition coefficient (Wildman–Crippen LogP) is 3.70. The molecule has 0 saturated heterocycles. The van der Waals surface area contributed by atoms with Crippen molar-refractivity contribution in [3.05, 3.63) is 108 Å². The molecule has 0 radical (unpaired) electrons. The molecule has 10 heteroatoms. The average Bonchev–Trinajstić information content (AvgIpc) is 3.47. The van der Waals surface area contributed by atoms with Crippen LogP contribution in [0.2, 0.25) is 0 Å². The number of benzene rings is 3. The molecular formula is C33H30N6O4. The zero-order chi connectivity index (χ0) is 29.6. The Morgan fingerprint density at radius 2 is 1.98 bits per heavy atom. The number of likely N-dealkylation sites (N-methyl/N-ethyl adjacent to an activating group) is 1. The molecule has 1 amide bonds. The van der Waals surface area contributed by atoms with E-state index in [2.05, 4.69) is 32.2 Å². The number of carbonyl (C=O) groups is 1. The van der Waals surface area contributed by atoms with E-state index in [4.69, 9.17) is 9.47 Å². The van der Waals surface area contributed by atoms with Gasteiger partial charge in [-0.25, -0.2) is 9.67 Å². The van der Waals surface area contributed by atoms with Gasteiger partial charge in [0.1, 0.15) is 30.5 Å². The number of amides is 1. The second kappa shape index (κ2) is 12.7. The Hall–Kier alpha value is -5.24. The molecule has 216 valence electrons. The van der Waals surface area contributed by atoms with E-state index >= 15 is 0 Å². The SMILES string of the molecule is CN1C(=O)C(NC(O)c2ncn(Cc3ccccc3)n2)COc2ccc(C#CCCOc3ccc4cccnc4c3)cc21. The van der Waals surface area contributed by atoms with Crippen LogP contribution in [0.3, 0.4) is 0 Å². The number of hydrogen-bond donors (Lipinski definition) is 2. The van der Waals surface area contributed by atoms with Crippen molar-refractivity contribution in [1.29, 1.82) is 0 Å². The number of aromatic nitrogens is 4. The minimum absolute atomic E-state index is 0.0324. The summed E-state index contributed by atoms with van der Waals surface area (Å²) in [6.07, 6.45) is 2.59. The van der Waals surface area contributed by atoms with Gasteiger partial charge in [-0.05, 0) is 42.0 Å². The van der Waals surface area contributed by atoms with Crippen molar-refractivity contribution < 1.29 is 19.4 Å². The highest BCUT2D eigenvalue weighted by Crippen LogP contribution is 2.31. The number of carbonyl (C=O) groups excluding carboxylic acids is 1. The number of aliphatic hydroxyl groups is 1. The molecule has 2 aromatic heterocycles. The minimum Gasteiger partial charge on any atom is -0.493 e. The van der Waals surface area contributed by atoms with E-state index in [0.717, 1.165) is 27.8 Å². The van der Waals surface area contributed by atoms with Gasteiger partial charge in [-0.1, -0.05) is 48.2 Å². The first-order valence-corrected chi connectivity index (χ1v) is 13.9.